The van der Waals surface area contributed by atoms with E-state index in [4.69, 9.17) is 4.42 Å². The molecule has 0 aliphatic carbocycles. The van der Waals surface area contributed by atoms with E-state index in [0.29, 0.717) is 0 Å². The van der Waals surface area contributed by atoms with Crippen LogP contribution in [0.1, 0.15) is 60.1 Å². The third-order valence-corrected chi connectivity index (χ3v) is 10.2. The highest BCUT2D eigenvalue weighted by molar-refractivity contribution is 6.18. The van der Waals surface area contributed by atoms with Crippen molar-refractivity contribution < 1.29 is 13.6 Å². The Hall–Kier alpha value is -4.76. The van der Waals surface area contributed by atoms with Crippen LogP contribution in [0.2, 0.25) is 0 Å². The Morgan fingerprint density at radius 1 is 0.622 bits per heavy atom. The van der Waals surface area contributed by atoms with E-state index in [0.717, 1.165) is 17.6 Å². The van der Waals surface area contributed by atoms with E-state index >= 15 is 0 Å². The molecule has 1 atom stereocenters. The average molecular weight is 591 g/mol. The lowest BCUT2D eigenvalue weighted by Gasteiger charge is -2.30. The van der Waals surface area contributed by atoms with Crippen LogP contribution in [0.15, 0.2) is 120 Å². The first-order valence-electron chi connectivity index (χ1n) is 15.9. The second kappa shape index (κ2) is 10.7. The van der Waals surface area contributed by atoms with Crippen LogP contribution in [0, 0.1) is 13.8 Å². The van der Waals surface area contributed by atoms with Gasteiger partial charge >= 0.3 is 0 Å². The van der Waals surface area contributed by atoms with Gasteiger partial charge in [0.2, 0.25) is 0 Å². The summed E-state index contributed by atoms with van der Waals surface area (Å²) in [5, 5.41) is 4.82. The third-order valence-electron chi connectivity index (χ3n) is 10.2. The molecule has 0 aliphatic heterocycles. The number of aryl methyl sites for hydroxylation is 3. The third kappa shape index (κ3) is 4.64. The van der Waals surface area contributed by atoms with Crippen LogP contribution >= 0.6 is 0 Å². The lowest BCUT2D eigenvalue weighted by Crippen LogP contribution is -2.49. The van der Waals surface area contributed by atoms with Gasteiger partial charge in [-0.2, -0.15) is 0 Å². The Morgan fingerprint density at radius 3 is 2.16 bits per heavy atom. The van der Waals surface area contributed by atoms with Crippen molar-refractivity contribution in [2.24, 2.45) is 14.1 Å². The van der Waals surface area contributed by atoms with Gasteiger partial charge in [0, 0.05) is 35.0 Å². The Bertz CT molecular complexity index is 2240. The summed E-state index contributed by atoms with van der Waals surface area (Å²) in [5.74, 6) is 0. The largest absolute Gasteiger partial charge is 0.456 e. The summed E-state index contributed by atoms with van der Waals surface area (Å²) in [6.45, 7) is 11.6. The Kier molecular flexibility index (Phi) is 6.89. The lowest BCUT2D eigenvalue weighted by atomic mass is 9.72. The lowest BCUT2D eigenvalue weighted by molar-refractivity contribution is -0.692. The fourth-order valence-electron chi connectivity index (χ4n) is 7.92. The van der Waals surface area contributed by atoms with E-state index in [2.05, 4.69) is 173 Å². The molecule has 1 unspecified atom stereocenters. The zero-order chi connectivity index (χ0) is 31.5. The summed E-state index contributed by atoms with van der Waals surface area (Å²) >= 11 is 0. The van der Waals surface area contributed by atoms with E-state index in [1.807, 2.05) is 0 Å². The fraction of sp³-hybridized carbons (Fsp3) is 0.238. The van der Waals surface area contributed by atoms with Gasteiger partial charge in [0.05, 0.1) is 17.3 Å². The minimum absolute atomic E-state index is 0.157. The first-order valence-corrected chi connectivity index (χ1v) is 15.9. The van der Waals surface area contributed by atoms with Crippen molar-refractivity contribution in [2.75, 3.05) is 0 Å². The Morgan fingerprint density at radius 2 is 1.36 bits per heavy atom. The summed E-state index contributed by atoms with van der Waals surface area (Å²) in [7, 11) is 4.40. The molecular weight excluding hydrogens is 548 g/mol. The van der Waals surface area contributed by atoms with Crippen LogP contribution in [-0.2, 0) is 31.3 Å². The number of pyridine rings is 2. The Labute approximate surface area is 266 Å². The number of aromatic nitrogens is 2. The quantitative estimate of drug-likeness (QED) is 0.177. The van der Waals surface area contributed by atoms with Crippen molar-refractivity contribution >= 4 is 32.7 Å². The molecule has 3 heterocycles. The number of fused-ring (bicyclic) bond motifs is 5. The minimum atomic E-state index is -0.328. The predicted octanol–water partition coefficient (Wildman–Crippen LogP) is 8.88. The van der Waals surface area contributed by atoms with Crippen LogP contribution in [0.25, 0.3) is 32.7 Å². The van der Waals surface area contributed by atoms with Gasteiger partial charge in [-0.3, -0.25) is 0 Å². The maximum absolute atomic E-state index is 6.47. The summed E-state index contributed by atoms with van der Waals surface area (Å²) in [6, 6.07) is 39.7. The van der Waals surface area contributed by atoms with Gasteiger partial charge in [-0.15, -0.1) is 0 Å². The molecule has 0 amide bonds. The second-order valence-corrected chi connectivity index (χ2v) is 13.5. The molecule has 45 heavy (non-hydrogen) atoms. The highest BCUT2D eigenvalue weighted by Crippen LogP contribution is 2.42. The van der Waals surface area contributed by atoms with Gasteiger partial charge in [-0.25, -0.2) is 9.13 Å². The maximum Gasteiger partial charge on any atom is 0.192 e. The van der Waals surface area contributed by atoms with Crippen LogP contribution < -0.4 is 9.13 Å². The molecule has 7 rings (SSSR count). The van der Waals surface area contributed by atoms with Crippen LogP contribution in [-0.4, -0.2) is 0 Å². The molecule has 0 spiro atoms. The molecule has 0 aliphatic rings. The van der Waals surface area contributed by atoms with Crippen LogP contribution in [0.3, 0.4) is 0 Å². The molecular formula is C42H42N2O+2. The molecule has 3 nitrogen and oxygen atoms in total. The molecule has 0 fully saturated rings. The van der Waals surface area contributed by atoms with E-state index < -0.39 is 0 Å². The van der Waals surface area contributed by atoms with Gasteiger partial charge < -0.3 is 4.42 Å². The molecule has 0 N–H and O–H groups in total. The van der Waals surface area contributed by atoms with Crippen molar-refractivity contribution in [1.82, 2.24) is 0 Å². The second-order valence-electron chi connectivity index (χ2n) is 13.5. The molecule has 0 radical (unpaired) electrons. The topological polar surface area (TPSA) is 20.9 Å². The SMILES string of the molecule is Cc1ccccc1C(C)(C)c1cccc(CC(C)(c2cc3c(cc2C)oc2ccc4ccccc4c23)c2cccc[n+]2C)[n+]1C. The minimum Gasteiger partial charge on any atom is -0.456 e. The smallest absolute Gasteiger partial charge is 0.192 e. The van der Waals surface area contributed by atoms with Gasteiger partial charge in [0.25, 0.3) is 0 Å². The van der Waals surface area contributed by atoms with E-state index in [1.54, 1.807) is 0 Å². The van der Waals surface area contributed by atoms with E-state index in [1.165, 1.54) is 60.9 Å². The summed E-state index contributed by atoms with van der Waals surface area (Å²) < 4.78 is 11.2. The first kappa shape index (κ1) is 29.0. The molecule has 224 valence electrons. The number of rotatable bonds is 6. The van der Waals surface area contributed by atoms with Gasteiger partial charge in [0.15, 0.2) is 23.3 Å². The Balaban J connectivity index is 1.45. The van der Waals surface area contributed by atoms with Crippen molar-refractivity contribution in [3.05, 3.63) is 155 Å². The first-order chi connectivity index (χ1) is 21.6. The fourth-order valence-corrected chi connectivity index (χ4v) is 7.92. The maximum atomic E-state index is 6.47. The number of furan rings is 1. The number of hydrogen-bond donors (Lipinski definition) is 0. The van der Waals surface area contributed by atoms with Crippen molar-refractivity contribution in [1.29, 1.82) is 0 Å². The van der Waals surface area contributed by atoms with Crippen molar-refractivity contribution in [2.45, 2.75) is 51.9 Å². The monoisotopic (exact) mass is 590 g/mol. The van der Waals surface area contributed by atoms with Crippen molar-refractivity contribution in [3.63, 3.8) is 0 Å². The highest BCUT2D eigenvalue weighted by atomic mass is 16.3. The normalized spacial score (nSPS) is 13.5. The molecule has 0 saturated heterocycles. The number of hydrogen-bond acceptors (Lipinski definition) is 1. The molecule has 7 aromatic rings. The van der Waals surface area contributed by atoms with Gasteiger partial charge in [0.1, 0.15) is 25.3 Å². The highest BCUT2D eigenvalue weighted by Gasteiger charge is 2.41. The van der Waals surface area contributed by atoms with E-state index in [-0.39, 0.29) is 10.8 Å². The van der Waals surface area contributed by atoms with Gasteiger partial charge in [-0.05, 0) is 91.9 Å². The average Bonchev–Trinajstić information content (AvgIpc) is 3.39. The van der Waals surface area contributed by atoms with Gasteiger partial charge in [-0.1, -0.05) is 60.7 Å². The zero-order valence-corrected chi connectivity index (χ0v) is 27.5. The van der Waals surface area contributed by atoms with Crippen molar-refractivity contribution in [3.8, 4) is 0 Å². The van der Waals surface area contributed by atoms with Crippen LogP contribution in [0.5, 0.6) is 0 Å². The predicted molar refractivity (Wildman–Crippen MR) is 185 cm³/mol. The molecule has 4 aromatic carbocycles. The standard InChI is InChI=1S/C42H42N2O/c1-28-15-8-11-19-34(28)41(3,4)38-21-14-17-31(44(38)7)27-42(5,39-20-12-13-24-43(39)6)35-26-33-37(25-29(35)2)45-36-23-22-30-16-9-10-18-32(30)40(33)36/h8-26H,27H2,1-7H3/q+2. The number of nitrogens with zero attached hydrogens (tertiary/aromatic N) is 2. The number of benzene rings is 4. The summed E-state index contributed by atoms with van der Waals surface area (Å²) in [6.07, 6.45) is 3.00. The van der Waals surface area contributed by atoms with Crippen LogP contribution in [0.4, 0.5) is 0 Å². The molecule has 0 bridgehead atoms. The molecule has 3 aromatic heterocycles. The van der Waals surface area contributed by atoms with E-state index in [9.17, 15) is 0 Å². The summed E-state index contributed by atoms with van der Waals surface area (Å²) in [4.78, 5) is 0. The molecule has 0 saturated carbocycles. The summed E-state index contributed by atoms with van der Waals surface area (Å²) in [5.41, 5.74) is 10.5. The molecule has 3 heteroatoms. The zero-order valence-electron chi connectivity index (χ0n) is 27.5.